The Morgan fingerprint density at radius 2 is 2.07 bits per heavy atom. The van der Waals surface area contributed by atoms with Gasteiger partial charge in [0.05, 0.1) is 40.2 Å². The maximum absolute atomic E-state index is 12.7. The zero-order chi connectivity index (χ0) is 18.4. The Morgan fingerprint density at radius 1 is 1.22 bits per heavy atom. The third-order valence-electron chi connectivity index (χ3n) is 4.57. The van der Waals surface area contributed by atoms with E-state index in [0.29, 0.717) is 4.88 Å². The summed E-state index contributed by atoms with van der Waals surface area (Å²) in [5, 5.41) is 3.98. The first-order valence-electron chi connectivity index (χ1n) is 8.63. The molecule has 4 heterocycles. The molecule has 1 saturated heterocycles. The molecule has 27 heavy (non-hydrogen) atoms. The van der Waals surface area contributed by atoms with Gasteiger partial charge in [0.25, 0.3) is 5.91 Å². The van der Waals surface area contributed by atoms with Crippen LogP contribution in [0.1, 0.15) is 9.67 Å². The number of rotatable bonds is 3. The molecule has 0 aliphatic carbocycles. The molecule has 3 aromatic heterocycles. The maximum Gasteiger partial charge on any atom is 0.265 e. The summed E-state index contributed by atoms with van der Waals surface area (Å²) in [5.74, 6) is -0.111. The second-order valence-electron chi connectivity index (χ2n) is 6.39. The molecule has 0 spiro atoms. The summed E-state index contributed by atoms with van der Waals surface area (Å²) >= 11 is 3.06. The van der Waals surface area contributed by atoms with Crippen molar-refractivity contribution in [3.63, 3.8) is 0 Å². The highest BCUT2D eigenvalue weighted by atomic mass is 32.1. The first-order chi connectivity index (χ1) is 13.2. The van der Waals surface area contributed by atoms with Crippen LogP contribution < -0.4 is 10.2 Å². The molecule has 0 unspecified atom stereocenters. The van der Waals surface area contributed by atoms with Crippen LogP contribution in [0.4, 0.5) is 10.8 Å². The zero-order valence-corrected chi connectivity index (χ0v) is 16.3. The van der Waals surface area contributed by atoms with Crippen molar-refractivity contribution < 1.29 is 9.53 Å². The number of amides is 1. The van der Waals surface area contributed by atoms with E-state index in [1.807, 2.05) is 35.9 Å². The summed E-state index contributed by atoms with van der Waals surface area (Å²) in [5.41, 5.74) is 2.65. The minimum atomic E-state index is -0.111. The highest BCUT2D eigenvalue weighted by molar-refractivity contribution is 7.29. The minimum Gasteiger partial charge on any atom is -0.378 e. The number of fused-ring (bicyclic) bond motifs is 2. The number of aryl methyl sites for hydroxylation is 1. The van der Waals surface area contributed by atoms with Crippen LogP contribution in [0.2, 0.25) is 0 Å². The van der Waals surface area contributed by atoms with Crippen molar-refractivity contribution in [1.29, 1.82) is 0 Å². The number of imidazole rings is 1. The van der Waals surface area contributed by atoms with Crippen molar-refractivity contribution in [3.8, 4) is 0 Å². The average molecular weight is 400 g/mol. The van der Waals surface area contributed by atoms with Gasteiger partial charge in [-0.25, -0.2) is 9.97 Å². The van der Waals surface area contributed by atoms with E-state index in [2.05, 4.69) is 15.2 Å². The maximum atomic E-state index is 12.7. The van der Waals surface area contributed by atoms with Gasteiger partial charge < -0.3 is 19.5 Å². The summed E-state index contributed by atoms with van der Waals surface area (Å²) in [6.45, 7) is 3.21. The van der Waals surface area contributed by atoms with Crippen LogP contribution in [0.25, 0.3) is 20.6 Å². The number of carbonyl (C=O) groups excluding carboxylic acids is 1. The zero-order valence-electron chi connectivity index (χ0n) is 14.6. The van der Waals surface area contributed by atoms with Crippen LogP contribution in [-0.2, 0) is 11.8 Å². The van der Waals surface area contributed by atoms with Gasteiger partial charge in [-0.05, 0) is 24.3 Å². The van der Waals surface area contributed by atoms with Gasteiger partial charge >= 0.3 is 0 Å². The fraction of sp³-hybridized carbons (Fsp3) is 0.278. The molecule has 0 atom stereocenters. The smallest absolute Gasteiger partial charge is 0.265 e. The van der Waals surface area contributed by atoms with E-state index in [-0.39, 0.29) is 5.91 Å². The van der Waals surface area contributed by atoms with Gasteiger partial charge in [0.1, 0.15) is 4.83 Å². The predicted octanol–water partition coefficient (Wildman–Crippen LogP) is 3.33. The second-order valence-corrected chi connectivity index (χ2v) is 8.43. The summed E-state index contributed by atoms with van der Waals surface area (Å²) in [6, 6.07) is 7.65. The third kappa shape index (κ3) is 3.07. The van der Waals surface area contributed by atoms with Gasteiger partial charge in [0.2, 0.25) is 0 Å². The second kappa shape index (κ2) is 6.59. The summed E-state index contributed by atoms with van der Waals surface area (Å²) in [6.07, 6.45) is 1.77. The van der Waals surface area contributed by atoms with Gasteiger partial charge in [0.15, 0.2) is 5.13 Å². The molecule has 138 valence electrons. The van der Waals surface area contributed by atoms with Crippen LogP contribution in [0.5, 0.6) is 0 Å². The highest BCUT2D eigenvalue weighted by Gasteiger charge is 2.19. The van der Waals surface area contributed by atoms with Crippen LogP contribution >= 0.6 is 22.7 Å². The first kappa shape index (κ1) is 16.7. The lowest BCUT2D eigenvalue weighted by Crippen LogP contribution is -2.36. The predicted molar refractivity (Wildman–Crippen MR) is 109 cm³/mol. The molecule has 5 rings (SSSR count). The Hall–Kier alpha value is -2.49. The summed E-state index contributed by atoms with van der Waals surface area (Å²) in [7, 11) is 1.94. The van der Waals surface area contributed by atoms with E-state index in [1.165, 1.54) is 11.3 Å². The average Bonchev–Trinajstić information content (AvgIpc) is 3.36. The van der Waals surface area contributed by atoms with Gasteiger partial charge in [-0.1, -0.05) is 11.3 Å². The van der Waals surface area contributed by atoms with E-state index >= 15 is 0 Å². The molecule has 9 heteroatoms. The fourth-order valence-electron chi connectivity index (χ4n) is 3.12. The molecule has 1 fully saturated rings. The number of morpholine rings is 1. The molecule has 1 aliphatic heterocycles. The lowest BCUT2D eigenvalue weighted by molar-refractivity contribution is 0.103. The standard InChI is InChI=1S/C18H17N5O2S2/c1-22-10-19-12-3-2-11(8-13(12)22)20-16(24)14-9-15-17(26-14)21-18(27-15)23-4-6-25-7-5-23/h2-3,8-10H,4-7H2,1H3,(H,20,24). The Kier molecular flexibility index (Phi) is 4.07. The fourth-order valence-corrected chi connectivity index (χ4v) is 5.28. The molecule has 1 aliphatic rings. The number of thiophene rings is 1. The number of hydrogen-bond acceptors (Lipinski definition) is 7. The Bertz CT molecular complexity index is 1110. The monoisotopic (exact) mass is 399 g/mol. The molecule has 1 N–H and O–H groups in total. The largest absolute Gasteiger partial charge is 0.378 e. The number of carbonyl (C=O) groups is 1. The number of aromatic nitrogens is 3. The van der Waals surface area contributed by atoms with Crippen molar-refractivity contribution in [1.82, 2.24) is 14.5 Å². The Morgan fingerprint density at radius 3 is 2.89 bits per heavy atom. The van der Waals surface area contributed by atoms with E-state index in [0.717, 1.165) is 57.7 Å². The van der Waals surface area contributed by atoms with Crippen LogP contribution in [-0.4, -0.2) is 46.7 Å². The minimum absolute atomic E-state index is 0.111. The molecule has 4 aromatic rings. The number of ether oxygens (including phenoxy) is 1. The van der Waals surface area contributed by atoms with Gasteiger partial charge in [0, 0.05) is 25.8 Å². The molecular formula is C18H17N5O2S2. The van der Waals surface area contributed by atoms with Crippen LogP contribution in [0, 0.1) is 0 Å². The van der Waals surface area contributed by atoms with Crippen molar-refractivity contribution in [2.75, 3.05) is 36.5 Å². The molecule has 0 bridgehead atoms. The quantitative estimate of drug-likeness (QED) is 0.572. The molecule has 0 saturated carbocycles. The van der Waals surface area contributed by atoms with E-state index < -0.39 is 0 Å². The number of nitrogens with one attached hydrogen (secondary N) is 1. The number of benzene rings is 1. The van der Waals surface area contributed by atoms with Crippen LogP contribution in [0.15, 0.2) is 30.6 Å². The molecular weight excluding hydrogens is 382 g/mol. The molecule has 1 aromatic carbocycles. The summed E-state index contributed by atoms with van der Waals surface area (Å²) < 4.78 is 8.38. The molecule has 1 amide bonds. The van der Waals surface area contributed by atoms with E-state index in [9.17, 15) is 4.79 Å². The Labute approximate surface area is 163 Å². The van der Waals surface area contributed by atoms with E-state index in [1.54, 1.807) is 17.7 Å². The van der Waals surface area contributed by atoms with Crippen molar-refractivity contribution >= 4 is 60.0 Å². The lowest BCUT2D eigenvalue weighted by Gasteiger charge is -2.25. The molecule has 7 nitrogen and oxygen atoms in total. The third-order valence-corrected chi connectivity index (χ3v) is 6.79. The summed E-state index contributed by atoms with van der Waals surface area (Å²) in [4.78, 5) is 25.5. The number of nitrogens with zero attached hydrogens (tertiary/aromatic N) is 4. The number of thiazole rings is 1. The van der Waals surface area contributed by atoms with Crippen LogP contribution in [0.3, 0.4) is 0 Å². The SMILES string of the molecule is Cn1cnc2ccc(NC(=O)c3cc4sc(N5CCOCC5)nc4s3)cc21. The van der Waals surface area contributed by atoms with Gasteiger partial charge in [-0.3, -0.25) is 4.79 Å². The Balaban J connectivity index is 1.36. The topological polar surface area (TPSA) is 72.3 Å². The van der Waals surface area contributed by atoms with Gasteiger partial charge in [-0.2, -0.15) is 0 Å². The van der Waals surface area contributed by atoms with Crippen molar-refractivity contribution in [2.24, 2.45) is 7.05 Å². The van der Waals surface area contributed by atoms with E-state index in [4.69, 9.17) is 9.72 Å². The highest BCUT2D eigenvalue weighted by Crippen LogP contribution is 2.35. The molecule has 0 radical (unpaired) electrons. The first-order valence-corrected chi connectivity index (χ1v) is 10.3. The lowest BCUT2D eigenvalue weighted by atomic mass is 10.2. The number of anilines is 2. The van der Waals surface area contributed by atoms with Gasteiger partial charge in [-0.15, -0.1) is 11.3 Å². The van der Waals surface area contributed by atoms with Crippen molar-refractivity contribution in [3.05, 3.63) is 35.5 Å². The number of hydrogen-bond donors (Lipinski definition) is 1. The normalized spacial score (nSPS) is 14.9. The van der Waals surface area contributed by atoms with Crippen molar-refractivity contribution in [2.45, 2.75) is 0 Å².